The van der Waals surface area contributed by atoms with Crippen LogP contribution in [0, 0.1) is 0 Å². The van der Waals surface area contributed by atoms with Crippen LogP contribution < -0.4 is 5.73 Å². The molecule has 0 atom stereocenters. The molecule has 1 heterocycles. The summed E-state index contributed by atoms with van der Waals surface area (Å²) < 4.78 is 29.2. The highest BCUT2D eigenvalue weighted by molar-refractivity contribution is 7.94. The zero-order valence-electron chi connectivity index (χ0n) is 10.1. The lowest BCUT2D eigenvalue weighted by Gasteiger charge is -2.00. The van der Waals surface area contributed by atoms with Gasteiger partial charge in [0.05, 0.1) is 16.8 Å². The molecule has 0 aliphatic carbocycles. The quantitative estimate of drug-likeness (QED) is 0.673. The second-order valence-corrected chi connectivity index (χ2v) is 6.96. The predicted molar refractivity (Wildman–Crippen MR) is 72.7 cm³/mol. The van der Waals surface area contributed by atoms with Crippen molar-refractivity contribution in [3.05, 3.63) is 18.2 Å². The molecule has 0 radical (unpaired) electrons. The number of nitrogen functional groups attached to an aromatic ring is 1. The van der Waals surface area contributed by atoms with E-state index < -0.39 is 21.6 Å². The number of thiazole rings is 1. The van der Waals surface area contributed by atoms with Crippen molar-refractivity contribution < 1.29 is 17.9 Å². The van der Waals surface area contributed by atoms with Crippen molar-refractivity contribution in [3.63, 3.8) is 0 Å². The van der Waals surface area contributed by atoms with Crippen LogP contribution in [-0.2, 0) is 19.4 Å². The van der Waals surface area contributed by atoms with Gasteiger partial charge in [-0.15, -0.1) is 11.3 Å². The third-order valence-corrected chi connectivity index (χ3v) is 5.34. The molecular formula is C11H12N2O4S2. The lowest BCUT2D eigenvalue weighted by Crippen LogP contribution is -2.18. The van der Waals surface area contributed by atoms with Gasteiger partial charge in [-0.1, -0.05) is 0 Å². The van der Waals surface area contributed by atoms with E-state index in [0.717, 1.165) is 11.3 Å². The number of carbonyl (C=O) groups is 1. The Bertz CT molecular complexity index is 721. The van der Waals surface area contributed by atoms with E-state index in [9.17, 15) is 13.2 Å². The molecule has 2 aromatic rings. The molecule has 1 aromatic carbocycles. The summed E-state index contributed by atoms with van der Waals surface area (Å²) >= 11 is 0.992. The van der Waals surface area contributed by atoms with Gasteiger partial charge in [0.2, 0.25) is 14.2 Å². The first-order chi connectivity index (χ1) is 8.92. The van der Waals surface area contributed by atoms with Crippen molar-refractivity contribution in [3.8, 4) is 0 Å². The fourth-order valence-electron chi connectivity index (χ4n) is 1.47. The van der Waals surface area contributed by atoms with Crippen molar-refractivity contribution in [1.82, 2.24) is 4.98 Å². The normalized spacial score (nSPS) is 11.6. The van der Waals surface area contributed by atoms with Gasteiger partial charge in [0.25, 0.3) is 0 Å². The Morgan fingerprint density at radius 3 is 2.89 bits per heavy atom. The summed E-state index contributed by atoms with van der Waals surface area (Å²) in [5.74, 6) is -1.47. The van der Waals surface area contributed by atoms with Gasteiger partial charge in [0, 0.05) is 5.69 Å². The van der Waals surface area contributed by atoms with Crippen molar-refractivity contribution >= 4 is 43.0 Å². The fraction of sp³-hybridized carbons (Fsp3) is 0.273. The highest BCUT2D eigenvalue weighted by atomic mass is 32.2. The van der Waals surface area contributed by atoms with Crippen LogP contribution in [0.15, 0.2) is 22.5 Å². The number of hydrogen-bond donors (Lipinski definition) is 1. The average Bonchev–Trinajstić information content (AvgIpc) is 2.72. The Labute approximate surface area is 114 Å². The molecule has 8 heteroatoms. The minimum atomic E-state index is -3.76. The van der Waals surface area contributed by atoms with E-state index in [1.807, 2.05) is 0 Å². The molecule has 0 amide bonds. The number of carbonyl (C=O) groups excluding carboxylic acids is 1. The Morgan fingerprint density at radius 1 is 1.47 bits per heavy atom. The van der Waals surface area contributed by atoms with Crippen molar-refractivity contribution in [2.45, 2.75) is 11.3 Å². The van der Waals surface area contributed by atoms with Crippen LogP contribution in [0.2, 0.25) is 0 Å². The van der Waals surface area contributed by atoms with Gasteiger partial charge in [-0.2, -0.15) is 0 Å². The van der Waals surface area contributed by atoms with Crippen molar-refractivity contribution in [2.24, 2.45) is 0 Å². The van der Waals surface area contributed by atoms with Gasteiger partial charge in [-0.25, -0.2) is 13.4 Å². The monoisotopic (exact) mass is 300 g/mol. The number of nitrogens with two attached hydrogens (primary N) is 1. The smallest absolute Gasteiger partial charge is 0.321 e. The molecule has 6 nitrogen and oxygen atoms in total. The average molecular weight is 300 g/mol. The first-order valence-corrected chi connectivity index (χ1v) is 7.93. The van der Waals surface area contributed by atoms with E-state index in [1.54, 1.807) is 25.1 Å². The number of nitrogens with zero attached hydrogens (tertiary/aromatic N) is 1. The Balaban J connectivity index is 2.35. The maximum absolute atomic E-state index is 12.0. The van der Waals surface area contributed by atoms with E-state index in [4.69, 9.17) is 5.73 Å². The molecule has 0 spiro atoms. The first-order valence-electron chi connectivity index (χ1n) is 5.47. The molecule has 1 aromatic heterocycles. The number of esters is 1. The number of aromatic nitrogens is 1. The molecule has 0 saturated heterocycles. The van der Waals surface area contributed by atoms with Gasteiger partial charge < -0.3 is 10.5 Å². The summed E-state index contributed by atoms with van der Waals surface area (Å²) in [6.45, 7) is 1.76. The minimum absolute atomic E-state index is 0.0962. The number of sulfone groups is 1. The van der Waals surface area contributed by atoms with Gasteiger partial charge >= 0.3 is 5.97 Å². The van der Waals surface area contributed by atoms with Crippen LogP contribution >= 0.6 is 11.3 Å². The Hall–Kier alpha value is -1.67. The van der Waals surface area contributed by atoms with Gasteiger partial charge in [0.15, 0.2) is 5.75 Å². The number of hydrogen-bond acceptors (Lipinski definition) is 7. The summed E-state index contributed by atoms with van der Waals surface area (Å²) in [4.78, 5) is 15.3. The van der Waals surface area contributed by atoms with Crippen LogP contribution in [-0.4, -0.2) is 31.7 Å². The van der Waals surface area contributed by atoms with Gasteiger partial charge in [-0.3, -0.25) is 4.79 Å². The molecule has 0 unspecified atom stereocenters. The zero-order valence-corrected chi connectivity index (χ0v) is 11.8. The summed E-state index contributed by atoms with van der Waals surface area (Å²) in [5, 5.41) is 0. The molecule has 0 aliphatic heterocycles. The second kappa shape index (κ2) is 5.14. The Morgan fingerprint density at radius 2 is 2.21 bits per heavy atom. The van der Waals surface area contributed by atoms with Crippen LogP contribution in [0.5, 0.6) is 0 Å². The topological polar surface area (TPSA) is 99.4 Å². The maximum atomic E-state index is 12.0. The van der Waals surface area contributed by atoms with Crippen molar-refractivity contribution in [2.75, 3.05) is 18.1 Å². The van der Waals surface area contributed by atoms with E-state index in [0.29, 0.717) is 15.9 Å². The fourth-order valence-corrected chi connectivity index (χ4v) is 3.93. The highest BCUT2D eigenvalue weighted by Gasteiger charge is 2.24. The van der Waals surface area contributed by atoms with E-state index in [1.165, 1.54) is 0 Å². The lowest BCUT2D eigenvalue weighted by molar-refractivity contribution is -0.139. The molecule has 0 aliphatic rings. The number of rotatable bonds is 4. The van der Waals surface area contributed by atoms with Gasteiger partial charge in [-0.05, 0) is 25.1 Å². The summed E-state index contributed by atoms with van der Waals surface area (Å²) in [7, 11) is -3.76. The molecule has 102 valence electrons. The lowest BCUT2D eigenvalue weighted by atomic mass is 10.3. The van der Waals surface area contributed by atoms with Crippen LogP contribution in [0.25, 0.3) is 10.2 Å². The number of fused-ring (bicyclic) bond motifs is 1. The van der Waals surface area contributed by atoms with E-state index in [-0.39, 0.29) is 10.9 Å². The van der Waals surface area contributed by atoms with Crippen molar-refractivity contribution in [1.29, 1.82) is 0 Å². The number of anilines is 1. The number of benzene rings is 1. The molecular weight excluding hydrogens is 288 g/mol. The molecule has 2 N–H and O–H groups in total. The zero-order chi connectivity index (χ0) is 14.0. The molecule has 0 saturated carbocycles. The maximum Gasteiger partial charge on any atom is 0.321 e. The third kappa shape index (κ3) is 3.02. The minimum Gasteiger partial charge on any atom is -0.465 e. The van der Waals surface area contributed by atoms with Crippen LogP contribution in [0.4, 0.5) is 5.69 Å². The third-order valence-electron chi connectivity index (χ3n) is 2.27. The van der Waals surface area contributed by atoms with Crippen LogP contribution in [0.3, 0.4) is 0 Å². The van der Waals surface area contributed by atoms with E-state index >= 15 is 0 Å². The first kappa shape index (κ1) is 13.8. The summed E-state index contributed by atoms with van der Waals surface area (Å²) in [5.41, 5.74) is 6.69. The molecule has 2 rings (SSSR count). The highest BCUT2D eigenvalue weighted by Crippen LogP contribution is 2.27. The summed E-state index contributed by atoms with van der Waals surface area (Å²) in [6, 6.07) is 4.94. The van der Waals surface area contributed by atoms with Crippen LogP contribution in [0.1, 0.15) is 6.92 Å². The Kier molecular flexibility index (Phi) is 3.72. The van der Waals surface area contributed by atoms with E-state index in [2.05, 4.69) is 9.72 Å². The molecule has 0 fully saturated rings. The molecule has 19 heavy (non-hydrogen) atoms. The SMILES string of the molecule is CCOC(=O)CS(=O)(=O)c1nc2ccc(N)cc2s1. The molecule has 0 bridgehead atoms. The predicted octanol–water partition coefficient (Wildman–Crippen LogP) is 1.22. The largest absolute Gasteiger partial charge is 0.465 e. The second-order valence-electron chi connectivity index (χ2n) is 3.77. The summed E-state index contributed by atoms with van der Waals surface area (Å²) in [6.07, 6.45) is 0. The standard InChI is InChI=1S/C11H12N2O4S2/c1-2-17-10(14)6-19(15,16)11-13-8-4-3-7(12)5-9(8)18-11/h3-5H,2,6,12H2,1H3. The number of ether oxygens (including phenoxy) is 1. The van der Waals surface area contributed by atoms with Gasteiger partial charge in [0.1, 0.15) is 0 Å².